The Morgan fingerprint density at radius 3 is 2.68 bits per heavy atom. The summed E-state index contributed by atoms with van der Waals surface area (Å²) < 4.78 is 5.72. The van der Waals surface area contributed by atoms with Crippen molar-refractivity contribution in [1.29, 1.82) is 0 Å². The van der Waals surface area contributed by atoms with Gasteiger partial charge in [0.05, 0.1) is 6.54 Å². The largest absolute Gasteiger partial charge is 0.492 e. The first-order valence-corrected chi connectivity index (χ1v) is 8.56. The molecule has 0 saturated carbocycles. The molecule has 0 spiro atoms. The van der Waals surface area contributed by atoms with Crippen LogP contribution in [0.3, 0.4) is 0 Å². The predicted molar refractivity (Wildman–Crippen MR) is 89.5 cm³/mol. The zero-order valence-corrected chi connectivity index (χ0v) is 13.6. The number of ether oxygens (including phenoxy) is 1. The monoisotopic (exact) mass is 304 g/mol. The van der Waals surface area contributed by atoms with Crippen LogP contribution in [0.4, 0.5) is 4.79 Å². The van der Waals surface area contributed by atoms with Crippen LogP contribution in [0, 0.1) is 0 Å². The van der Waals surface area contributed by atoms with E-state index >= 15 is 0 Å². The van der Waals surface area contributed by atoms with E-state index in [-0.39, 0.29) is 6.03 Å². The summed E-state index contributed by atoms with van der Waals surface area (Å²) in [6.45, 7) is 3.92. The van der Waals surface area contributed by atoms with Gasteiger partial charge in [0, 0.05) is 6.54 Å². The first kappa shape index (κ1) is 16.7. The number of aryl methyl sites for hydroxylation is 2. The standard InChI is InChI=1S/C18H28N2O2/c1-2-3-6-11-19-18(21)20-12-13-22-17-10-9-15-7-4-5-8-16(15)14-17/h9-10,14H,2-8,11-13H2,1H3,(H2,19,20,21). The number of amides is 2. The smallest absolute Gasteiger partial charge is 0.314 e. The number of benzene rings is 1. The molecule has 1 aromatic carbocycles. The molecular weight excluding hydrogens is 276 g/mol. The highest BCUT2D eigenvalue weighted by atomic mass is 16.5. The van der Waals surface area contributed by atoms with Gasteiger partial charge in [0.25, 0.3) is 0 Å². The van der Waals surface area contributed by atoms with Crippen LogP contribution < -0.4 is 15.4 Å². The van der Waals surface area contributed by atoms with Crippen LogP contribution >= 0.6 is 0 Å². The van der Waals surface area contributed by atoms with Crippen molar-refractivity contribution in [3.8, 4) is 5.75 Å². The van der Waals surface area contributed by atoms with Crippen LogP contribution in [0.2, 0.25) is 0 Å². The number of nitrogens with one attached hydrogen (secondary N) is 2. The molecule has 0 saturated heterocycles. The maximum absolute atomic E-state index is 11.5. The summed E-state index contributed by atoms with van der Waals surface area (Å²) in [5.74, 6) is 0.908. The molecule has 0 bridgehead atoms. The van der Waals surface area contributed by atoms with E-state index in [1.54, 1.807) is 0 Å². The van der Waals surface area contributed by atoms with Crippen molar-refractivity contribution in [2.75, 3.05) is 19.7 Å². The Morgan fingerprint density at radius 1 is 1.09 bits per heavy atom. The molecule has 0 radical (unpaired) electrons. The second-order valence-electron chi connectivity index (χ2n) is 5.88. The number of carbonyl (C=O) groups excluding carboxylic acids is 1. The van der Waals surface area contributed by atoms with Crippen molar-refractivity contribution in [2.24, 2.45) is 0 Å². The number of carbonyl (C=O) groups is 1. The summed E-state index contributed by atoms with van der Waals surface area (Å²) in [4.78, 5) is 11.5. The van der Waals surface area contributed by atoms with E-state index in [2.05, 4.69) is 29.7 Å². The zero-order chi connectivity index (χ0) is 15.6. The van der Waals surface area contributed by atoms with Crippen molar-refractivity contribution in [3.63, 3.8) is 0 Å². The number of unbranched alkanes of at least 4 members (excludes halogenated alkanes) is 2. The van der Waals surface area contributed by atoms with Gasteiger partial charge in [-0.3, -0.25) is 0 Å². The molecule has 0 atom stereocenters. The van der Waals surface area contributed by atoms with E-state index in [0.29, 0.717) is 13.2 Å². The van der Waals surface area contributed by atoms with Crippen LogP contribution in [-0.4, -0.2) is 25.7 Å². The van der Waals surface area contributed by atoms with Gasteiger partial charge in [0.2, 0.25) is 0 Å². The Morgan fingerprint density at radius 2 is 1.86 bits per heavy atom. The lowest BCUT2D eigenvalue weighted by Crippen LogP contribution is -2.38. The highest BCUT2D eigenvalue weighted by Crippen LogP contribution is 2.25. The van der Waals surface area contributed by atoms with E-state index in [1.165, 1.54) is 30.4 Å². The molecule has 2 rings (SSSR count). The Kier molecular flexibility index (Phi) is 7.07. The fourth-order valence-corrected chi connectivity index (χ4v) is 2.77. The van der Waals surface area contributed by atoms with E-state index in [1.807, 2.05) is 6.07 Å². The zero-order valence-electron chi connectivity index (χ0n) is 13.6. The van der Waals surface area contributed by atoms with Gasteiger partial charge in [0.1, 0.15) is 12.4 Å². The van der Waals surface area contributed by atoms with Crippen molar-refractivity contribution < 1.29 is 9.53 Å². The molecule has 0 heterocycles. The normalized spacial score (nSPS) is 13.3. The molecule has 4 nitrogen and oxygen atoms in total. The number of hydrogen-bond acceptors (Lipinski definition) is 2. The molecule has 2 amide bonds. The Hall–Kier alpha value is -1.71. The lowest BCUT2D eigenvalue weighted by Gasteiger charge is -2.17. The molecule has 0 unspecified atom stereocenters. The van der Waals surface area contributed by atoms with Crippen LogP contribution in [0.25, 0.3) is 0 Å². The molecule has 4 heteroatoms. The Balaban J connectivity index is 1.61. The predicted octanol–water partition coefficient (Wildman–Crippen LogP) is 3.43. The number of rotatable bonds is 8. The highest BCUT2D eigenvalue weighted by molar-refractivity contribution is 5.73. The van der Waals surface area contributed by atoms with Crippen LogP contribution in [0.15, 0.2) is 18.2 Å². The number of fused-ring (bicyclic) bond motifs is 1. The quantitative estimate of drug-likeness (QED) is 0.723. The van der Waals surface area contributed by atoms with Gasteiger partial charge >= 0.3 is 6.03 Å². The van der Waals surface area contributed by atoms with Crippen molar-refractivity contribution in [1.82, 2.24) is 10.6 Å². The average Bonchev–Trinajstić information content (AvgIpc) is 2.55. The number of urea groups is 1. The minimum Gasteiger partial charge on any atom is -0.492 e. The second-order valence-corrected chi connectivity index (χ2v) is 5.88. The van der Waals surface area contributed by atoms with Crippen molar-refractivity contribution >= 4 is 6.03 Å². The third kappa shape index (κ3) is 5.58. The molecule has 1 aliphatic rings. The highest BCUT2D eigenvalue weighted by Gasteiger charge is 2.09. The summed E-state index contributed by atoms with van der Waals surface area (Å²) in [6.07, 6.45) is 8.27. The molecule has 0 aliphatic heterocycles. The molecule has 0 fully saturated rings. The van der Waals surface area contributed by atoms with Gasteiger partial charge in [-0.1, -0.05) is 25.8 Å². The summed E-state index contributed by atoms with van der Waals surface area (Å²) in [6, 6.07) is 6.26. The van der Waals surface area contributed by atoms with Gasteiger partial charge < -0.3 is 15.4 Å². The van der Waals surface area contributed by atoms with Crippen LogP contribution in [-0.2, 0) is 12.8 Å². The van der Waals surface area contributed by atoms with Gasteiger partial charge in [-0.05, 0) is 55.4 Å². The summed E-state index contributed by atoms with van der Waals surface area (Å²) >= 11 is 0. The molecule has 22 heavy (non-hydrogen) atoms. The van der Waals surface area contributed by atoms with Gasteiger partial charge in [-0.2, -0.15) is 0 Å². The summed E-state index contributed by atoms with van der Waals surface area (Å²) in [7, 11) is 0. The average molecular weight is 304 g/mol. The van der Waals surface area contributed by atoms with Crippen LogP contribution in [0.1, 0.15) is 50.2 Å². The first-order valence-electron chi connectivity index (χ1n) is 8.56. The lowest BCUT2D eigenvalue weighted by atomic mass is 9.92. The maximum Gasteiger partial charge on any atom is 0.314 e. The summed E-state index contributed by atoms with van der Waals surface area (Å²) in [5.41, 5.74) is 2.88. The van der Waals surface area contributed by atoms with Crippen molar-refractivity contribution in [3.05, 3.63) is 29.3 Å². The molecule has 1 aliphatic carbocycles. The van der Waals surface area contributed by atoms with Gasteiger partial charge in [0.15, 0.2) is 0 Å². The minimum atomic E-state index is -0.106. The van der Waals surface area contributed by atoms with Crippen LogP contribution in [0.5, 0.6) is 5.75 Å². The molecule has 2 N–H and O–H groups in total. The number of hydrogen-bond donors (Lipinski definition) is 2. The molecule has 122 valence electrons. The van der Waals surface area contributed by atoms with Gasteiger partial charge in [-0.15, -0.1) is 0 Å². The van der Waals surface area contributed by atoms with E-state index in [4.69, 9.17) is 4.74 Å². The third-order valence-corrected chi connectivity index (χ3v) is 4.04. The Bertz CT molecular complexity index is 474. The van der Waals surface area contributed by atoms with Gasteiger partial charge in [-0.25, -0.2) is 4.79 Å². The van der Waals surface area contributed by atoms with E-state index in [9.17, 15) is 4.79 Å². The molecule has 0 aromatic heterocycles. The third-order valence-electron chi connectivity index (χ3n) is 4.04. The topological polar surface area (TPSA) is 50.4 Å². The SMILES string of the molecule is CCCCCNC(=O)NCCOc1ccc2c(c1)CCCC2. The fourth-order valence-electron chi connectivity index (χ4n) is 2.77. The van der Waals surface area contributed by atoms with E-state index in [0.717, 1.165) is 38.0 Å². The second kappa shape index (κ2) is 9.34. The fraction of sp³-hybridized carbons (Fsp3) is 0.611. The summed E-state index contributed by atoms with van der Waals surface area (Å²) in [5, 5.41) is 5.67. The molecule has 1 aromatic rings. The first-order chi connectivity index (χ1) is 10.8. The van der Waals surface area contributed by atoms with E-state index < -0.39 is 0 Å². The Labute approximate surface area is 133 Å². The lowest BCUT2D eigenvalue weighted by molar-refractivity contribution is 0.236. The minimum absolute atomic E-state index is 0.106. The van der Waals surface area contributed by atoms with Crippen molar-refractivity contribution in [2.45, 2.75) is 51.9 Å². The maximum atomic E-state index is 11.5. The molecular formula is C18H28N2O2.